The van der Waals surface area contributed by atoms with Gasteiger partial charge in [-0.25, -0.2) is 8.42 Å². The fraction of sp³-hybridized carbons (Fsp3) is 0.350. The third-order valence-corrected chi connectivity index (χ3v) is 7.21. The van der Waals surface area contributed by atoms with Gasteiger partial charge in [-0.2, -0.15) is 11.8 Å². The number of nitrogens with zero attached hydrogens (tertiary/aromatic N) is 1. The van der Waals surface area contributed by atoms with Crippen LogP contribution in [-0.2, 0) is 10.0 Å². The van der Waals surface area contributed by atoms with Crippen molar-refractivity contribution in [3.05, 3.63) is 59.1 Å². The zero-order valence-electron chi connectivity index (χ0n) is 16.4. The largest absolute Gasteiger partial charge is 0.351 e. The molecule has 2 rings (SSSR count). The van der Waals surface area contributed by atoms with Gasteiger partial charge in [-0.3, -0.25) is 9.10 Å². The lowest BCUT2D eigenvalue weighted by Gasteiger charge is -2.20. The Morgan fingerprint density at radius 2 is 1.64 bits per heavy atom. The molecule has 2 aromatic carbocycles. The van der Waals surface area contributed by atoms with Crippen molar-refractivity contribution in [3.63, 3.8) is 0 Å². The molecule has 0 heterocycles. The van der Waals surface area contributed by atoms with E-state index in [1.54, 1.807) is 36.0 Å². The second kappa shape index (κ2) is 9.20. The maximum absolute atomic E-state index is 12.7. The predicted molar refractivity (Wildman–Crippen MR) is 118 cm³/mol. The molecule has 0 spiro atoms. The van der Waals surface area contributed by atoms with Gasteiger partial charge < -0.3 is 5.32 Å². The van der Waals surface area contributed by atoms with E-state index >= 15 is 0 Å². The minimum atomic E-state index is -3.70. The molecule has 0 aliphatic heterocycles. The van der Waals surface area contributed by atoms with Crippen LogP contribution in [0.3, 0.4) is 0 Å². The minimum Gasteiger partial charge on any atom is -0.351 e. The summed E-state index contributed by atoms with van der Waals surface area (Å²) in [4.78, 5) is 12.4. The van der Waals surface area contributed by atoms with Gasteiger partial charge in [0.2, 0.25) is 0 Å². The molecule has 1 amide bonds. The van der Waals surface area contributed by atoms with E-state index in [0.717, 1.165) is 5.75 Å². The van der Waals surface area contributed by atoms with Gasteiger partial charge in [-0.15, -0.1) is 0 Å². The Morgan fingerprint density at radius 1 is 1.07 bits per heavy atom. The second-order valence-electron chi connectivity index (χ2n) is 7.19. The van der Waals surface area contributed by atoms with Crippen molar-refractivity contribution in [2.24, 2.45) is 0 Å². The summed E-state index contributed by atoms with van der Waals surface area (Å²) in [5.74, 6) is 0.652. The van der Waals surface area contributed by atoms with E-state index in [2.05, 4.69) is 26.1 Å². The van der Waals surface area contributed by atoms with Crippen molar-refractivity contribution in [1.29, 1.82) is 0 Å². The number of thioether (sulfide) groups is 1. The number of carbonyl (C=O) groups is 1. The van der Waals surface area contributed by atoms with E-state index in [0.29, 0.717) is 22.8 Å². The Kier molecular flexibility index (Phi) is 7.42. The number of benzene rings is 2. The maximum atomic E-state index is 12.7. The molecule has 28 heavy (non-hydrogen) atoms. The van der Waals surface area contributed by atoms with Crippen LogP contribution in [0.5, 0.6) is 0 Å². The third-order valence-electron chi connectivity index (χ3n) is 3.89. The molecular weight excluding hydrogens is 416 g/mol. The van der Waals surface area contributed by atoms with E-state index in [-0.39, 0.29) is 15.5 Å². The summed E-state index contributed by atoms with van der Waals surface area (Å²) in [5.41, 5.74) is 0.955. The molecule has 2 aromatic rings. The first-order valence-electron chi connectivity index (χ1n) is 8.77. The van der Waals surface area contributed by atoms with Crippen LogP contribution in [0.4, 0.5) is 5.69 Å². The summed E-state index contributed by atoms with van der Waals surface area (Å²) in [7, 11) is -2.23. The molecule has 0 aromatic heterocycles. The number of halogens is 1. The molecule has 0 bridgehead atoms. The van der Waals surface area contributed by atoms with Crippen LogP contribution < -0.4 is 9.62 Å². The van der Waals surface area contributed by atoms with E-state index in [1.165, 1.54) is 35.6 Å². The standard InChI is InChI=1S/C20H25ClN2O3S2/c1-20(2,3)27-14-13-22-19(24)15-5-9-17(10-6-15)23(4)28(25,26)18-11-7-16(21)8-12-18/h5-12H,13-14H2,1-4H3,(H,22,24). The van der Waals surface area contributed by atoms with Gasteiger partial charge in [0, 0.05) is 34.7 Å². The zero-order valence-corrected chi connectivity index (χ0v) is 18.8. The predicted octanol–water partition coefficient (Wildman–Crippen LogP) is 4.43. The summed E-state index contributed by atoms with van der Waals surface area (Å²) >= 11 is 7.61. The number of hydrogen-bond acceptors (Lipinski definition) is 4. The smallest absolute Gasteiger partial charge is 0.264 e. The van der Waals surface area contributed by atoms with E-state index in [1.807, 2.05) is 0 Å². The first-order valence-corrected chi connectivity index (χ1v) is 11.6. The van der Waals surface area contributed by atoms with Crippen molar-refractivity contribution < 1.29 is 13.2 Å². The Morgan fingerprint density at radius 3 is 2.18 bits per heavy atom. The number of sulfonamides is 1. The summed E-state index contributed by atoms with van der Waals surface area (Å²) in [5, 5.41) is 3.35. The van der Waals surface area contributed by atoms with Crippen LogP contribution >= 0.6 is 23.4 Å². The molecule has 8 heteroatoms. The molecule has 0 aliphatic rings. The van der Waals surface area contributed by atoms with Crippen LogP contribution in [0, 0.1) is 0 Å². The summed E-state index contributed by atoms with van der Waals surface area (Å²) in [6, 6.07) is 12.5. The molecular formula is C20H25ClN2O3S2. The lowest BCUT2D eigenvalue weighted by atomic mass is 10.2. The molecule has 5 nitrogen and oxygen atoms in total. The highest BCUT2D eigenvalue weighted by Crippen LogP contribution is 2.24. The molecule has 0 unspecified atom stereocenters. The second-order valence-corrected chi connectivity index (χ2v) is 11.5. The molecule has 0 saturated carbocycles. The number of rotatable bonds is 7. The number of nitrogens with one attached hydrogen (secondary N) is 1. The molecule has 1 N–H and O–H groups in total. The highest BCUT2D eigenvalue weighted by atomic mass is 35.5. The van der Waals surface area contributed by atoms with Crippen LogP contribution in [-0.4, -0.2) is 38.4 Å². The average Bonchev–Trinajstić information content (AvgIpc) is 2.64. The minimum absolute atomic E-state index is 0.151. The molecule has 0 saturated heterocycles. The van der Waals surface area contributed by atoms with Crippen molar-refractivity contribution in [1.82, 2.24) is 5.32 Å². The molecule has 0 fully saturated rings. The topological polar surface area (TPSA) is 66.5 Å². The van der Waals surface area contributed by atoms with Gasteiger partial charge in [-0.1, -0.05) is 32.4 Å². The fourth-order valence-electron chi connectivity index (χ4n) is 2.35. The van der Waals surface area contributed by atoms with Gasteiger partial charge in [0.1, 0.15) is 0 Å². The van der Waals surface area contributed by atoms with Gasteiger partial charge in [0.05, 0.1) is 10.6 Å². The normalized spacial score (nSPS) is 11.9. The van der Waals surface area contributed by atoms with Gasteiger partial charge in [0.15, 0.2) is 0 Å². The monoisotopic (exact) mass is 440 g/mol. The van der Waals surface area contributed by atoms with Gasteiger partial charge in [-0.05, 0) is 48.5 Å². The first kappa shape index (κ1) is 22.6. The van der Waals surface area contributed by atoms with Crippen molar-refractivity contribution in [2.45, 2.75) is 30.4 Å². The highest BCUT2D eigenvalue weighted by Gasteiger charge is 2.21. The lowest BCUT2D eigenvalue weighted by molar-refractivity contribution is 0.0956. The number of amides is 1. The number of carbonyl (C=O) groups excluding carboxylic acids is 1. The molecule has 152 valence electrons. The lowest BCUT2D eigenvalue weighted by Crippen LogP contribution is -2.28. The van der Waals surface area contributed by atoms with Crippen LogP contribution in [0.2, 0.25) is 5.02 Å². The van der Waals surface area contributed by atoms with Gasteiger partial charge >= 0.3 is 0 Å². The fourth-order valence-corrected chi connectivity index (χ4v) is 4.49. The van der Waals surface area contributed by atoms with Crippen LogP contribution in [0.1, 0.15) is 31.1 Å². The molecule has 0 atom stereocenters. The van der Waals surface area contributed by atoms with Gasteiger partial charge in [0.25, 0.3) is 15.9 Å². The number of hydrogen-bond donors (Lipinski definition) is 1. The number of anilines is 1. The van der Waals surface area contributed by atoms with E-state index in [4.69, 9.17) is 11.6 Å². The van der Waals surface area contributed by atoms with E-state index in [9.17, 15) is 13.2 Å². The molecule has 0 aliphatic carbocycles. The first-order chi connectivity index (χ1) is 13.0. The Balaban J connectivity index is 2.03. The Labute approximate surface area is 176 Å². The average molecular weight is 441 g/mol. The Hall–Kier alpha value is -1.70. The van der Waals surface area contributed by atoms with Crippen molar-refractivity contribution >= 4 is 45.0 Å². The quantitative estimate of drug-likeness (QED) is 0.647. The van der Waals surface area contributed by atoms with Crippen molar-refractivity contribution in [3.8, 4) is 0 Å². The third kappa shape index (κ3) is 6.15. The van der Waals surface area contributed by atoms with Crippen LogP contribution in [0.25, 0.3) is 0 Å². The highest BCUT2D eigenvalue weighted by molar-refractivity contribution is 8.00. The molecule has 0 radical (unpaired) electrons. The summed E-state index contributed by atoms with van der Waals surface area (Å²) in [6.07, 6.45) is 0. The van der Waals surface area contributed by atoms with Crippen molar-refractivity contribution in [2.75, 3.05) is 23.7 Å². The van der Waals surface area contributed by atoms with E-state index < -0.39 is 10.0 Å². The summed E-state index contributed by atoms with van der Waals surface area (Å²) < 4.78 is 26.8. The Bertz CT molecular complexity index is 906. The van der Waals surface area contributed by atoms with Crippen LogP contribution in [0.15, 0.2) is 53.4 Å². The SMILES string of the molecule is CN(c1ccc(C(=O)NCCSC(C)(C)C)cc1)S(=O)(=O)c1ccc(Cl)cc1. The summed E-state index contributed by atoms with van der Waals surface area (Å²) in [6.45, 7) is 6.97. The zero-order chi connectivity index (χ0) is 20.9. The maximum Gasteiger partial charge on any atom is 0.264 e.